The Morgan fingerprint density at radius 3 is 2.74 bits per heavy atom. The second-order valence-corrected chi connectivity index (χ2v) is 11.9. The number of piperidine rings is 1. The van der Waals surface area contributed by atoms with Gasteiger partial charge in [-0.1, -0.05) is 19.9 Å². The van der Waals surface area contributed by atoms with Crippen LogP contribution >= 0.6 is 0 Å². The number of likely N-dealkylation sites (tertiary alicyclic amines) is 1. The Labute approximate surface area is 224 Å². The number of hydrogen-bond donors (Lipinski definition) is 3. The van der Waals surface area contributed by atoms with Crippen molar-refractivity contribution in [1.29, 1.82) is 0 Å². The third-order valence-electron chi connectivity index (χ3n) is 9.52. The summed E-state index contributed by atoms with van der Waals surface area (Å²) in [6.07, 6.45) is 5.09. The van der Waals surface area contributed by atoms with E-state index in [4.69, 9.17) is 9.47 Å². The second kappa shape index (κ2) is 10.4. The number of likely N-dealkylation sites (N-methyl/N-ethyl adjacent to an activating group) is 1. The fraction of sp³-hybridized carbons (Fsp3) is 0.690. The van der Waals surface area contributed by atoms with Crippen molar-refractivity contribution in [3.8, 4) is 11.5 Å². The molecule has 0 radical (unpaired) electrons. The quantitative estimate of drug-likeness (QED) is 0.400. The number of carboxylic acids is 1. The first-order chi connectivity index (χ1) is 18.2. The van der Waals surface area contributed by atoms with Crippen molar-refractivity contribution < 1.29 is 29.0 Å². The Bertz CT molecular complexity index is 1110. The summed E-state index contributed by atoms with van der Waals surface area (Å²) in [6.45, 7) is 4.92. The number of nitrogens with one attached hydrogen (secondary N) is 2. The molecule has 2 aliphatic carbocycles. The molecule has 2 unspecified atom stereocenters. The zero-order valence-corrected chi connectivity index (χ0v) is 22.9. The molecule has 2 aliphatic heterocycles. The summed E-state index contributed by atoms with van der Waals surface area (Å²) in [5.41, 5.74) is 2.64. The molecular formula is C29H41N3O6. The lowest BCUT2D eigenvalue weighted by molar-refractivity contribution is -0.143. The van der Waals surface area contributed by atoms with E-state index in [-0.39, 0.29) is 41.6 Å². The zero-order chi connectivity index (χ0) is 27.2. The maximum atomic E-state index is 13.0. The lowest BCUT2D eigenvalue weighted by Crippen LogP contribution is -2.65. The highest BCUT2D eigenvalue weighted by molar-refractivity contribution is 5.83. The van der Waals surface area contributed by atoms with Crippen molar-refractivity contribution in [1.82, 2.24) is 15.5 Å². The number of nitrogens with zero attached hydrogens (tertiary/aromatic N) is 1. The van der Waals surface area contributed by atoms with Gasteiger partial charge in [-0.25, -0.2) is 4.79 Å². The summed E-state index contributed by atoms with van der Waals surface area (Å²) in [4.78, 5) is 39.0. The molecule has 1 saturated heterocycles. The van der Waals surface area contributed by atoms with Crippen molar-refractivity contribution in [3.63, 3.8) is 0 Å². The average Bonchev–Trinajstić information content (AvgIpc) is 3.23. The molecule has 1 aromatic carbocycles. The third-order valence-corrected chi connectivity index (χ3v) is 9.52. The lowest BCUT2D eigenvalue weighted by Gasteiger charge is -2.59. The molecule has 0 aromatic heterocycles. The van der Waals surface area contributed by atoms with Crippen LogP contribution in [-0.2, 0) is 26.2 Å². The molecule has 2 fully saturated rings. The Kier molecular flexibility index (Phi) is 7.33. The minimum absolute atomic E-state index is 0.0251. The Hall–Kier alpha value is -2.81. The van der Waals surface area contributed by atoms with Gasteiger partial charge < -0.3 is 30.1 Å². The van der Waals surface area contributed by atoms with Crippen molar-refractivity contribution in [2.45, 2.75) is 82.4 Å². The maximum absolute atomic E-state index is 13.0. The number of aliphatic carboxylic acids is 1. The number of carbonyl (C=O) groups is 3. The highest BCUT2D eigenvalue weighted by atomic mass is 16.5. The molecule has 9 nitrogen and oxygen atoms in total. The number of benzene rings is 1. The van der Waals surface area contributed by atoms with Gasteiger partial charge in [0.05, 0.1) is 7.11 Å². The summed E-state index contributed by atoms with van der Waals surface area (Å²) in [7, 11) is 3.93. The van der Waals surface area contributed by atoms with Gasteiger partial charge in [0.2, 0.25) is 11.8 Å². The molecule has 1 saturated carbocycles. The molecule has 4 aliphatic rings. The van der Waals surface area contributed by atoms with Gasteiger partial charge >= 0.3 is 5.97 Å². The van der Waals surface area contributed by atoms with Gasteiger partial charge in [-0.3, -0.25) is 9.59 Å². The highest BCUT2D eigenvalue weighted by Crippen LogP contribution is 2.65. The number of carbonyl (C=O) groups excluding carboxylic acids is 2. The van der Waals surface area contributed by atoms with Crippen LogP contribution in [0.3, 0.4) is 0 Å². The molecule has 1 aromatic rings. The van der Waals surface area contributed by atoms with Crippen LogP contribution in [0, 0.1) is 17.8 Å². The van der Waals surface area contributed by atoms with Crippen molar-refractivity contribution in [2.75, 3.05) is 27.2 Å². The van der Waals surface area contributed by atoms with E-state index >= 15 is 0 Å². The predicted octanol–water partition coefficient (Wildman–Crippen LogP) is 2.49. The zero-order valence-electron chi connectivity index (χ0n) is 22.9. The standard InChI is InChI=1S/C29H41N3O6/c1-16(2)25(28(35)36)31-22(33)6-5-12-30-23(34)15-18-7-9-19-20-14-17-8-10-21(37-4)26-24(17)29(19,27(18)38-26)11-13-32(20)3/h8,10,16,18-20,25,27H,5-7,9,11-15H2,1-4H3,(H,30,34)(H,31,33)(H,35,36)/t18-,19?,20-,25?,27+,29+/m1/s1. The third kappa shape index (κ3) is 4.42. The minimum Gasteiger partial charge on any atom is -0.493 e. The Balaban J connectivity index is 1.22. The molecule has 2 amide bonds. The van der Waals surface area contributed by atoms with E-state index in [1.807, 2.05) is 6.07 Å². The molecule has 1 spiro atoms. The largest absolute Gasteiger partial charge is 0.493 e. The van der Waals surface area contributed by atoms with E-state index in [0.717, 1.165) is 43.7 Å². The second-order valence-electron chi connectivity index (χ2n) is 11.9. The van der Waals surface area contributed by atoms with Crippen molar-refractivity contribution >= 4 is 17.8 Å². The Morgan fingerprint density at radius 2 is 2.03 bits per heavy atom. The first-order valence-electron chi connectivity index (χ1n) is 14.0. The maximum Gasteiger partial charge on any atom is 0.326 e. The first kappa shape index (κ1) is 26.8. The molecule has 2 heterocycles. The summed E-state index contributed by atoms with van der Waals surface area (Å²) in [6, 6.07) is 3.83. The van der Waals surface area contributed by atoms with Crippen LogP contribution in [0.1, 0.15) is 63.5 Å². The normalized spacial score (nSPS) is 29.7. The molecule has 6 atom stereocenters. The van der Waals surface area contributed by atoms with Gasteiger partial charge in [0.15, 0.2) is 11.5 Å². The number of methoxy groups -OCH3 is 1. The first-order valence-corrected chi connectivity index (χ1v) is 14.0. The number of amides is 2. The molecule has 3 N–H and O–H groups in total. The summed E-state index contributed by atoms with van der Waals surface area (Å²) in [5.74, 6) is 0.738. The predicted molar refractivity (Wildman–Crippen MR) is 141 cm³/mol. The van der Waals surface area contributed by atoms with E-state index in [1.165, 1.54) is 11.1 Å². The van der Waals surface area contributed by atoms with E-state index in [0.29, 0.717) is 31.3 Å². The number of ether oxygens (including phenoxy) is 2. The lowest BCUT2D eigenvalue weighted by atomic mass is 9.50. The van der Waals surface area contributed by atoms with Crippen LogP contribution in [0.15, 0.2) is 12.1 Å². The van der Waals surface area contributed by atoms with E-state index in [9.17, 15) is 19.5 Å². The molecule has 38 heavy (non-hydrogen) atoms. The van der Waals surface area contributed by atoms with E-state index in [2.05, 4.69) is 28.6 Å². The van der Waals surface area contributed by atoms with Crippen LogP contribution in [0.2, 0.25) is 0 Å². The van der Waals surface area contributed by atoms with Crippen LogP contribution in [0.5, 0.6) is 11.5 Å². The number of carboxylic acid groups (broad SMARTS) is 1. The molecule has 5 rings (SSSR count). The van der Waals surface area contributed by atoms with Gasteiger partial charge in [-0.05, 0) is 69.2 Å². The Morgan fingerprint density at radius 1 is 1.24 bits per heavy atom. The fourth-order valence-electron chi connectivity index (χ4n) is 7.75. The SMILES string of the molecule is COc1ccc2c3c1O[C@H]1[C@@H](CC(=O)NCCCC(=O)NC(C(=O)O)C(C)C)CCC4[C@@H](C2)N(C)CC[C@@]341. The van der Waals surface area contributed by atoms with Crippen molar-refractivity contribution in [3.05, 3.63) is 23.3 Å². The minimum atomic E-state index is -1.04. The van der Waals surface area contributed by atoms with Crippen LogP contribution in [0.25, 0.3) is 0 Å². The van der Waals surface area contributed by atoms with Gasteiger partial charge in [-0.2, -0.15) is 0 Å². The molecule has 9 heteroatoms. The summed E-state index contributed by atoms with van der Waals surface area (Å²) >= 11 is 0. The van der Waals surface area contributed by atoms with E-state index < -0.39 is 12.0 Å². The van der Waals surface area contributed by atoms with Crippen molar-refractivity contribution in [2.24, 2.45) is 17.8 Å². The molecule has 208 valence electrons. The average molecular weight is 528 g/mol. The van der Waals surface area contributed by atoms with Crippen LogP contribution in [-0.4, -0.2) is 73.2 Å². The topological polar surface area (TPSA) is 117 Å². The van der Waals surface area contributed by atoms with Crippen LogP contribution in [0.4, 0.5) is 0 Å². The van der Waals surface area contributed by atoms with E-state index in [1.54, 1.807) is 21.0 Å². The summed E-state index contributed by atoms with van der Waals surface area (Å²) < 4.78 is 12.5. The highest BCUT2D eigenvalue weighted by Gasteiger charge is 2.65. The van der Waals surface area contributed by atoms with Gasteiger partial charge in [0.1, 0.15) is 12.1 Å². The molecular weight excluding hydrogens is 486 g/mol. The van der Waals surface area contributed by atoms with Gasteiger partial charge in [0.25, 0.3) is 0 Å². The number of hydrogen-bond acceptors (Lipinski definition) is 6. The summed E-state index contributed by atoms with van der Waals surface area (Å²) in [5, 5.41) is 14.8. The fourth-order valence-corrected chi connectivity index (χ4v) is 7.75. The van der Waals surface area contributed by atoms with Crippen LogP contribution < -0.4 is 20.1 Å². The smallest absolute Gasteiger partial charge is 0.326 e. The number of rotatable bonds is 10. The monoisotopic (exact) mass is 527 g/mol. The van der Waals surface area contributed by atoms with Gasteiger partial charge in [0, 0.05) is 42.3 Å². The van der Waals surface area contributed by atoms with Gasteiger partial charge in [-0.15, -0.1) is 0 Å². The molecule has 2 bridgehead atoms.